The van der Waals surface area contributed by atoms with Crippen molar-refractivity contribution in [2.24, 2.45) is 0 Å². The Balaban J connectivity index is 1.42. The quantitative estimate of drug-likeness (QED) is 0.530. The minimum Gasteiger partial charge on any atom is -0.497 e. The number of ether oxygens (including phenoxy) is 1. The number of ketones is 1. The van der Waals surface area contributed by atoms with Crippen LogP contribution in [-0.2, 0) is 4.79 Å². The van der Waals surface area contributed by atoms with Gasteiger partial charge in [0.1, 0.15) is 5.75 Å². The number of carbonyl (C=O) groups excluding carboxylic acids is 2. The second kappa shape index (κ2) is 9.73. The highest BCUT2D eigenvalue weighted by molar-refractivity contribution is 5.94. The van der Waals surface area contributed by atoms with Gasteiger partial charge in [0.05, 0.1) is 19.6 Å². The van der Waals surface area contributed by atoms with Crippen LogP contribution in [-0.4, -0.2) is 54.4 Å². The first-order chi connectivity index (χ1) is 15.5. The maximum atomic E-state index is 13.2. The summed E-state index contributed by atoms with van der Waals surface area (Å²) in [5, 5.41) is 0. The molecule has 6 nitrogen and oxygen atoms in total. The number of benzene rings is 2. The third kappa shape index (κ3) is 4.85. The van der Waals surface area contributed by atoms with Crippen molar-refractivity contribution in [3.05, 3.63) is 84.2 Å². The van der Waals surface area contributed by atoms with Gasteiger partial charge in [0.15, 0.2) is 5.78 Å². The maximum absolute atomic E-state index is 13.2. The first-order valence-corrected chi connectivity index (χ1v) is 11.0. The summed E-state index contributed by atoms with van der Waals surface area (Å²) in [5.74, 6) is 1.01. The number of Topliss-reactive ketones (excluding diaryl/α,β-unsaturated/α-hetero) is 1. The Morgan fingerprint density at radius 3 is 2.25 bits per heavy atom. The summed E-state index contributed by atoms with van der Waals surface area (Å²) in [6.45, 7) is 4.50. The van der Waals surface area contributed by atoms with Crippen LogP contribution in [0.4, 0.5) is 5.69 Å². The number of amides is 1. The molecule has 1 aliphatic heterocycles. The molecule has 0 aliphatic carbocycles. The van der Waals surface area contributed by atoms with E-state index in [2.05, 4.69) is 9.47 Å². The maximum Gasteiger partial charge on any atom is 0.225 e. The molecule has 1 amide bonds. The lowest BCUT2D eigenvalue weighted by Crippen LogP contribution is -2.49. The second-order valence-electron chi connectivity index (χ2n) is 8.10. The van der Waals surface area contributed by atoms with E-state index in [4.69, 9.17) is 4.74 Å². The van der Waals surface area contributed by atoms with Crippen molar-refractivity contribution in [2.75, 3.05) is 38.2 Å². The van der Waals surface area contributed by atoms with Crippen molar-refractivity contribution in [3.63, 3.8) is 0 Å². The fraction of sp³-hybridized carbons (Fsp3) is 0.308. The van der Waals surface area contributed by atoms with Crippen LogP contribution >= 0.6 is 0 Å². The summed E-state index contributed by atoms with van der Waals surface area (Å²) in [6.07, 6.45) is 4.40. The molecule has 0 N–H and O–H groups in total. The van der Waals surface area contributed by atoms with Gasteiger partial charge in [-0.1, -0.05) is 12.1 Å². The zero-order valence-corrected chi connectivity index (χ0v) is 18.6. The van der Waals surface area contributed by atoms with E-state index in [9.17, 15) is 9.59 Å². The molecule has 2 heterocycles. The number of rotatable bonds is 7. The Hall–Kier alpha value is -3.54. The number of piperazine rings is 1. The molecule has 1 atom stereocenters. The molecule has 0 spiro atoms. The fourth-order valence-electron chi connectivity index (χ4n) is 4.22. The second-order valence-corrected chi connectivity index (χ2v) is 8.10. The molecule has 1 fully saturated rings. The summed E-state index contributed by atoms with van der Waals surface area (Å²) in [7, 11) is 1.65. The van der Waals surface area contributed by atoms with Crippen molar-refractivity contribution >= 4 is 17.4 Å². The Labute approximate surface area is 189 Å². The zero-order valence-electron chi connectivity index (χ0n) is 18.6. The number of aromatic nitrogens is 1. The van der Waals surface area contributed by atoms with Crippen LogP contribution in [0.15, 0.2) is 73.1 Å². The molecule has 0 bridgehead atoms. The Morgan fingerprint density at radius 1 is 0.938 bits per heavy atom. The number of nitrogens with zero attached hydrogens (tertiary/aromatic N) is 3. The van der Waals surface area contributed by atoms with Crippen LogP contribution < -0.4 is 9.64 Å². The topological polar surface area (TPSA) is 54.8 Å². The monoisotopic (exact) mass is 431 g/mol. The SMILES string of the molecule is COc1cccc([C@H](CC(=O)N2CCN(c3ccc(C(C)=O)cc3)CC2)n2cccc2)c1. The van der Waals surface area contributed by atoms with E-state index in [1.54, 1.807) is 14.0 Å². The van der Waals surface area contributed by atoms with Crippen LogP contribution in [0.1, 0.15) is 35.3 Å². The summed E-state index contributed by atoms with van der Waals surface area (Å²) in [4.78, 5) is 28.9. The largest absolute Gasteiger partial charge is 0.497 e. The number of hydrogen-bond donors (Lipinski definition) is 0. The standard InChI is InChI=1S/C26H29N3O3/c1-20(30)21-8-10-23(11-9-21)27-14-16-29(17-15-27)26(31)19-25(28-12-3-4-13-28)22-6-5-7-24(18-22)32-2/h3-13,18,25H,14-17,19H2,1-2H3/t25-/m0/s1. The van der Waals surface area contributed by atoms with Crippen LogP contribution in [0.2, 0.25) is 0 Å². The van der Waals surface area contributed by atoms with Crippen LogP contribution in [0.5, 0.6) is 5.75 Å². The first kappa shape index (κ1) is 21.7. The van der Waals surface area contributed by atoms with Crippen molar-refractivity contribution in [1.82, 2.24) is 9.47 Å². The molecular weight excluding hydrogens is 402 g/mol. The van der Waals surface area contributed by atoms with E-state index in [0.717, 1.165) is 35.7 Å². The molecule has 32 heavy (non-hydrogen) atoms. The smallest absolute Gasteiger partial charge is 0.225 e. The number of hydrogen-bond acceptors (Lipinski definition) is 4. The molecule has 0 unspecified atom stereocenters. The molecule has 6 heteroatoms. The first-order valence-electron chi connectivity index (χ1n) is 11.0. The van der Waals surface area contributed by atoms with E-state index >= 15 is 0 Å². The number of carbonyl (C=O) groups is 2. The van der Waals surface area contributed by atoms with Gasteiger partial charge in [-0.25, -0.2) is 0 Å². The van der Waals surface area contributed by atoms with Gasteiger partial charge in [-0.2, -0.15) is 0 Å². The highest BCUT2D eigenvalue weighted by atomic mass is 16.5. The van der Waals surface area contributed by atoms with E-state index in [-0.39, 0.29) is 17.7 Å². The number of anilines is 1. The van der Waals surface area contributed by atoms with Gasteiger partial charge in [-0.3, -0.25) is 9.59 Å². The summed E-state index contributed by atoms with van der Waals surface area (Å²) < 4.78 is 7.47. The summed E-state index contributed by atoms with van der Waals surface area (Å²) >= 11 is 0. The average molecular weight is 432 g/mol. The predicted molar refractivity (Wildman–Crippen MR) is 125 cm³/mol. The van der Waals surface area contributed by atoms with Crippen LogP contribution in [0.25, 0.3) is 0 Å². The minimum atomic E-state index is -0.0789. The van der Waals surface area contributed by atoms with E-state index in [1.165, 1.54) is 0 Å². The molecular formula is C26H29N3O3. The molecule has 4 rings (SSSR count). The van der Waals surface area contributed by atoms with Gasteiger partial charge in [0.25, 0.3) is 0 Å². The lowest BCUT2D eigenvalue weighted by atomic mass is 10.0. The Kier molecular flexibility index (Phi) is 6.59. The van der Waals surface area contributed by atoms with E-state index in [1.807, 2.05) is 78.0 Å². The molecule has 1 saturated heterocycles. The van der Waals surface area contributed by atoms with Crippen molar-refractivity contribution in [3.8, 4) is 5.75 Å². The van der Waals surface area contributed by atoms with Crippen molar-refractivity contribution in [2.45, 2.75) is 19.4 Å². The lowest BCUT2D eigenvalue weighted by Gasteiger charge is -2.37. The van der Waals surface area contributed by atoms with Gasteiger partial charge in [0, 0.05) is 49.8 Å². The molecule has 1 aliphatic rings. The van der Waals surface area contributed by atoms with Gasteiger partial charge < -0.3 is 19.1 Å². The Bertz CT molecular complexity index is 1050. The van der Waals surface area contributed by atoms with Gasteiger partial charge >= 0.3 is 0 Å². The van der Waals surface area contributed by atoms with E-state index < -0.39 is 0 Å². The molecule has 3 aromatic rings. The highest BCUT2D eigenvalue weighted by Crippen LogP contribution is 2.27. The molecule has 2 aromatic carbocycles. The van der Waals surface area contributed by atoms with Gasteiger partial charge in [-0.05, 0) is 61.0 Å². The van der Waals surface area contributed by atoms with Crippen LogP contribution in [0.3, 0.4) is 0 Å². The number of methoxy groups -OCH3 is 1. The third-order valence-corrected chi connectivity index (χ3v) is 6.11. The predicted octanol–water partition coefficient (Wildman–Crippen LogP) is 4.03. The van der Waals surface area contributed by atoms with Crippen molar-refractivity contribution in [1.29, 1.82) is 0 Å². The third-order valence-electron chi connectivity index (χ3n) is 6.11. The molecule has 0 radical (unpaired) electrons. The molecule has 0 saturated carbocycles. The molecule has 166 valence electrons. The van der Waals surface area contributed by atoms with Gasteiger partial charge in [0.2, 0.25) is 5.91 Å². The van der Waals surface area contributed by atoms with E-state index in [0.29, 0.717) is 19.5 Å². The van der Waals surface area contributed by atoms with Gasteiger partial charge in [-0.15, -0.1) is 0 Å². The lowest BCUT2D eigenvalue weighted by molar-refractivity contribution is -0.132. The fourth-order valence-corrected chi connectivity index (χ4v) is 4.22. The molecule has 1 aromatic heterocycles. The zero-order chi connectivity index (χ0) is 22.5. The minimum absolute atomic E-state index is 0.0697. The highest BCUT2D eigenvalue weighted by Gasteiger charge is 2.25. The normalized spacial score (nSPS) is 14.8. The Morgan fingerprint density at radius 2 is 1.62 bits per heavy atom. The summed E-state index contributed by atoms with van der Waals surface area (Å²) in [6, 6.07) is 19.5. The van der Waals surface area contributed by atoms with Crippen molar-refractivity contribution < 1.29 is 14.3 Å². The summed E-state index contributed by atoms with van der Waals surface area (Å²) in [5.41, 5.74) is 2.86. The van der Waals surface area contributed by atoms with Crippen LogP contribution in [0, 0.1) is 0 Å². The average Bonchev–Trinajstić information content (AvgIpc) is 3.37.